The highest BCUT2D eigenvalue weighted by Crippen LogP contribution is 2.27. The Morgan fingerprint density at radius 2 is 1.71 bits per heavy atom. The minimum Gasteiger partial charge on any atom is -0.497 e. The van der Waals surface area contributed by atoms with E-state index in [0.29, 0.717) is 22.6 Å². The van der Waals surface area contributed by atoms with Crippen molar-refractivity contribution in [3.63, 3.8) is 0 Å². The molecule has 0 saturated heterocycles. The third-order valence-electron chi connectivity index (χ3n) is 3.01. The standard InChI is InChI=1S/C14H11N3O3.ClH/c1-20-10-2-3-11-12(8-10)14(19)17(13(11)18)16-9-4-6-15-7-5-9;/h2-8H,1H3,(H,15,16);1H. The number of methoxy groups -OCH3 is 1. The summed E-state index contributed by atoms with van der Waals surface area (Å²) in [5, 5.41) is 0.986. The number of benzene rings is 1. The molecule has 1 N–H and O–H groups in total. The molecule has 0 bridgehead atoms. The molecule has 0 saturated carbocycles. The Morgan fingerprint density at radius 1 is 1.05 bits per heavy atom. The van der Waals surface area contributed by atoms with Gasteiger partial charge >= 0.3 is 0 Å². The maximum atomic E-state index is 12.3. The molecule has 1 aromatic carbocycles. The van der Waals surface area contributed by atoms with Gasteiger partial charge in [-0.05, 0) is 30.3 Å². The summed E-state index contributed by atoms with van der Waals surface area (Å²) < 4.78 is 5.07. The number of carbonyl (C=O) groups is 2. The minimum atomic E-state index is -0.402. The van der Waals surface area contributed by atoms with Gasteiger partial charge in [-0.1, -0.05) is 0 Å². The molecule has 108 valence electrons. The molecule has 2 heterocycles. The molecule has 1 aromatic heterocycles. The number of ether oxygens (including phenoxy) is 1. The summed E-state index contributed by atoms with van der Waals surface area (Å²) in [7, 11) is 1.51. The molecule has 21 heavy (non-hydrogen) atoms. The van der Waals surface area contributed by atoms with Crippen LogP contribution in [-0.2, 0) is 0 Å². The number of hydrazine groups is 1. The number of nitrogens with zero attached hydrogens (tertiary/aromatic N) is 2. The molecular weight excluding hydrogens is 294 g/mol. The van der Waals surface area contributed by atoms with Crippen LogP contribution >= 0.6 is 12.4 Å². The average molecular weight is 306 g/mol. The summed E-state index contributed by atoms with van der Waals surface area (Å²) in [6.07, 6.45) is 3.15. The van der Waals surface area contributed by atoms with Crippen molar-refractivity contribution >= 4 is 29.9 Å². The maximum Gasteiger partial charge on any atom is 0.280 e. The number of carbonyl (C=O) groups excluding carboxylic acids is 2. The first-order chi connectivity index (χ1) is 9.70. The molecule has 3 rings (SSSR count). The van der Waals surface area contributed by atoms with Crippen molar-refractivity contribution in [3.05, 3.63) is 53.9 Å². The second-order valence-electron chi connectivity index (χ2n) is 4.20. The van der Waals surface area contributed by atoms with Crippen molar-refractivity contribution in [1.29, 1.82) is 0 Å². The first-order valence-corrected chi connectivity index (χ1v) is 5.94. The molecule has 1 aliphatic heterocycles. The van der Waals surface area contributed by atoms with Gasteiger partial charge < -0.3 is 4.74 Å². The summed E-state index contributed by atoms with van der Waals surface area (Å²) in [4.78, 5) is 28.3. The molecule has 2 amide bonds. The van der Waals surface area contributed by atoms with E-state index < -0.39 is 5.91 Å². The van der Waals surface area contributed by atoms with Crippen LogP contribution in [0.15, 0.2) is 42.7 Å². The molecule has 7 heteroatoms. The van der Waals surface area contributed by atoms with E-state index in [4.69, 9.17) is 4.74 Å². The van der Waals surface area contributed by atoms with Gasteiger partial charge in [0.1, 0.15) is 5.75 Å². The number of nitrogens with one attached hydrogen (secondary N) is 1. The Kier molecular flexibility index (Phi) is 4.09. The Hall–Kier alpha value is -2.60. The number of amides is 2. The van der Waals surface area contributed by atoms with E-state index in [1.807, 2.05) is 0 Å². The van der Waals surface area contributed by atoms with Gasteiger partial charge in [0, 0.05) is 12.4 Å². The monoisotopic (exact) mass is 305 g/mol. The highest BCUT2D eigenvalue weighted by atomic mass is 35.5. The summed E-state index contributed by atoms with van der Waals surface area (Å²) in [5.41, 5.74) is 4.08. The Balaban J connectivity index is 0.00000161. The predicted molar refractivity (Wildman–Crippen MR) is 78.6 cm³/mol. The van der Waals surface area contributed by atoms with Gasteiger partial charge in [-0.25, -0.2) is 0 Å². The maximum absolute atomic E-state index is 12.3. The predicted octanol–water partition coefficient (Wildman–Crippen LogP) is 2.14. The van der Waals surface area contributed by atoms with Crippen LogP contribution in [0.1, 0.15) is 20.7 Å². The smallest absolute Gasteiger partial charge is 0.280 e. The zero-order valence-corrected chi connectivity index (χ0v) is 11.9. The summed E-state index contributed by atoms with van der Waals surface area (Å²) in [5.74, 6) is -0.249. The van der Waals surface area contributed by atoms with Gasteiger partial charge in [-0.2, -0.15) is 5.01 Å². The van der Waals surface area contributed by atoms with Crippen LogP contribution in [-0.4, -0.2) is 28.9 Å². The summed E-state index contributed by atoms with van der Waals surface area (Å²) in [6, 6.07) is 8.14. The van der Waals surface area contributed by atoms with E-state index in [0.717, 1.165) is 5.01 Å². The Labute approximate surface area is 127 Å². The summed E-state index contributed by atoms with van der Waals surface area (Å²) >= 11 is 0. The number of aromatic nitrogens is 1. The second kappa shape index (κ2) is 5.80. The number of pyridine rings is 1. The van der Waals surface area contributed by atoms with Gasteiger partial charge in [-0.15, -0.1) is 12.4 Å². The first kappa shape index (κ1) is 14.8. The molecule has 0 unspecified atom stereocenters. The van der Waals surface area contributed by atoms with Gasteiger partial charge in [0.25, 0.3) is 11.8 Å². The van der Waals surface area contributed by atoms with Gasteiger partial charge in [0.15, 0.2) is 0 Å². The van der Waals surface area contributed by atoms with Crippen LogP contribution in [0.2, 0.25) is 0 Å². The topological polar surface area (TPSA) is 71.5 Å². The van der Waals surface area contributed by atoms with E-state index in [-0.39, 0.29) is 18.3 Å². The molecule has 0 radical (unpaired) electrons. The number of hydrogen-bond acceptors (Lipinski definition) is 5. The van der Waals surface area contributed by atoms with Crippen molar-refractivity contribution in [2.45, 2.75) is 0 Å². The van der Waals surface area contributed by atoms with Crippen molar-refractivity contribution in [2.75, 3.05) is 12.5 Å². The van der Waals surface area contributed by atoms with Gasteiger partial charge in [-0.3, -0.25) is 20.0 Å². The lowest BCUT2D eigenvalue weighted by Gasteiger charge is -2.15. The minimum absolute atomic E-state index is 0. The highest BCUT2D eigenvalue weighted by Gasteiger charge is 2.36. The van der Waals surface area contributed by atoms with Crippen LogP contribution in [0.25, 0.3) is 0 Å². The molecule has 1 aliphatic rings. The fourth-order valence-electron chi connectivity index (χ4n) is 2.00. The molecular formula is C14H12ClN3O3. The lowest BCUT2D eigenvalue weighted by atomic mass is 10.1. The molecule has 0 spiro atoms. The van der Waals surface area contributed by atoms with E-state index >= 15 is 0 Å². The van der Waals surface area contributed by atoms with Gasteiger partial charge in [0.2, 0.25) is 0 Å². The first-order valence-electron chi connectivity index (χ1n) is 5.94. The number of halogens is 1. The zero-order chi connectivity index (χ0) is 14.1. The van der Waals surface area contributed by atoms with Crippen LogP contribution in [0.4, 0.5) is 5.69 Å². The molecule has 0 aliphatic carbocycles. The van der Waals surface area contributed by atoms with E-state index in [9.17, 15) is 9.59 Å². The third kappa shape index (κ3) is 2.53. The number of rotatable bonds is 3. The lowest BCUT2D eigenvalue weighted by Crippen LogP contribution is -2.35. The number of fused-ring (bicyclic) bond motifs is 1. The summed E-state index contributed by atoms with van der Waals surface area (Å²) in [6.45, 7) is 0. The third-order valence-corrected chi connectivity index (χ3v) is 3.01. The molecule has 2 aromatic rings. The van der Waals surface area contributed by atoms with Crippen LogP contribution in [0, 0.1) is 0 Å². The SMILES string of the molecule is COc1ccc2c(c1)C(=O)N(Nc1ccncc1)C2=O.Cl. The normalized spacial score (nSPS) is 12.7. The molecule has 0 atom stereocenters. The number of anilines is 1. The van der Waals surface area contributed by atoms with Crippen LogP contribution in [0.3, 0.4) is 0 Å². The van der Waals surface area contributed by atoms with Crippen molar-refractivity contribution < 1.29 is 14.3 Å². The van der Waals surface area contributed by atoms with E-state index in [1.54, 1.807) is 42.7 Å². The lowest BCUT2D eigenvalue weighted by molar-refractivity contribution is 0.0691. The quantitative estimate of drug-likeness (QED) is 0.880. The van der Waals surface area contributed by atoms with Crippen LogP contribution in [0.5, 0.6) is 5.75 Å². The fourth-order valence-corrected chi connectivity index (χ4v) is 2.00. The second-order valence-corrected chi connectivity index (χ2v) is 4.20. The molecule has 6 nitrogen and oxygen atoms in total. The van der Waals surface area contributed by atoms with Crippen LogP contribution < -0.4 is 10.2 Å². The van der Waals surface area contributed by atoms with E-state index in [2.05, 4.69) is 10.4 Å². The number of hydrogen-bond donors (Lipinski definition) is 1. The van der Waals surface area contributed by atoms with Crippen molar-refractivity contribution in [1.82, 2.24) is 9.99 Å². The highest BCUT2D eigenvalue weighted by molar-refractivity contribution is 6.22. The molecule has 0 fully saturated rings. The Bertz CT molecular complexity index is 691. The fraction of sp³-hybridized carbons (Fsp3) is 0.0714. The largest absolute Gasteiger partial charge is 0.497 e. The Morgan fingerprint density at radius 3 is 2.38 bits per heavy atom. The van der Waals surface area contributed by atoms with Crippen molar-refractivity contribution in [2.24, 2.45) is 0 Å². The average Bonchev–Trinajstić information content (AvgIpc) is 2.73. The van der Waals surface area contributed by atoms with Gasteiger partial charge in [0.05, 0.1) is 23.9 Å². The zero-order valence-electron chi connectivity index (χ0n) is 11.1. The van der Waals surface area contributed by atoms with E-state index in [1.165, 1.54) is 7.11 Å². The number of imide groups is 1. The van der Waals surface area contributed by atoms with Crippen molar-refractivity contribution in [3.8, 4) is 5.75 Å².